The minimum Gasteiger partial charge on any atom is -0.326 e. The number of hydrogen-bond donors (Lipinski definition) is 2. The quantitative estimate of drug-likeness (QED) is 0.630. The monoisotopic (exact) mass is 394 g/mol. The second-order valence-corrected chi connectivity index (χ2v) is 7.73. The molecule has 2 N–H and O–H groups in total. The van der Waals surface area contributed by atoms with Crippen LogP contribution in [0.25, 0.3) is 0 Å². The zero-order valence-corrected chi connectivity index (χ0v) is 16.6. The van der Waals surface area contributed by atoms with E-state index in [0.717, 1.165) is 17.8 Å². The summed E-state index contributed by atoms with van der Waals surface area (Å²) in [4.78, 5) is 24.3. The second kappa shape index (κ2) is 9.23. The van der Waals surface area contributed by atoms with Crippen LogP contribution in [0.4, 0.5) is 10.8 Å². The molecule has 3 rings (SSSR count). The number of aromatic nitrogens is 2. The van der Waals surface area contributed by atoms with Crippen LogP contribution in [0, 0.1) is 5.92 Å². The van der Waals surface area contributed by atoms with Crippen LogP contribution in [-0.2, 0) is 17.6 Å². The van der Waals surface area contributed by atoms with Crippen LogP contribution in [0.5, 0.6) is 0 Å². The maximum atomic E-state index is 12.5. The summed E-state index contributed by atoms with van der Waals surface area (Å²) in [6.07, 6.45) is 1.65. The Morgan fingerprint density at radius 2 is 1.75 bits per heavy atom. The molecule has 6 nitrogen and oxygen atoms in total. The molecule has 28 heavy (non-hydrogen) atoms. The average Bonchev–Trinajstić information content (AvgIpc) is 3.14. The van der Waals surface area contributed by atoms with Gasteiger partial charge in [0, 0.05) is 23.6 Å². The predicted octanol–water partition coefficient (Wildman–Crippen LogP) is 4.17. The maximum absolute atomic E-state index is 12.5. The molecule has 2 amide bonds. The summed E-state index contributed by atoms with van der Waals surface area (Å²) in [6, 6.07) is 17.0. The minimum atomic E-state index is -0.286. The van der Waals surface area contributed by atoms with Crippen LogP contribution in [-0.4, -0.2) is 22.0 Å². The van der Waals surface area contributed by atoms with Crippen molar-refractivity contribution in [3.63, 3.8) is 0 Å². The fourth-order valence-corrected chi connectivity index (χ4v) is 3.23. The Hall–Kier alpha value is -3.06. The lowest BCUT2D eigenvalue weighted by atomic mass is 10.1. The highest BCUT2D eigenvalue weighted by molar-refractivity contribution is 7.15. The van der Waals surface area contributed by atoms with E-state index in [1.165, 1.54) is 16.9 Å². The summed E-state index contributed by atoms with van der Waals surface area (Å²) in [5, 5.41) is 15.1. The molecule has 0 aliphatic rings. The van der Waals surface area contributed by atoms with Crippen molar-refractivity contribution in [2.24, 2.45) is 5.92 Å². The van der Waals surface area contributed by atoms with E-state index in [0.29, 0.717) is 16.4 Å². The van der Waals surface area contributed by atoms with Gasteiger partial charge in [-0.15, -0.1) is 10.2 Å². The molecule has 0 bridgehead atoms. The number of anilines is 2. The number of hydrogen-bond acceptors (Lipinski definition) is 5. The highest BCUT2D eigenvalue weighted by Gasteiger charge is 2.12. The van der Waals surface area contributed by atoms with Gasteiger partial charge in [0.2, 0.25) is 11.0 Å². The van der Waals surface area contributed by atoms with E-state index in [1.807, 2.05) is 32.0 Å². The van der Waals surface area contributed by atoms with Crippen LogP contribution in [0.3, 0.4) is 0 Å². The first kappa shape index (κ1) is 19.7. The van der Waals surface area contributed by atoms with Crippen molar-refractivity contribution in [3.05, 3.63) is 70.7 Å². The van der Waals surface area contributed by atoms with Gasteiger partial charge in [-0.2, -0.15) is 0 Å². The SMILES string of the molecule is CC(C)C(=O)Nc1cccc(C(=O)Nc2nnc(CCc3ccccc3)s2)c1. The highest BCUT2D eigenvalue weighted by Crippen LogP contribution is 2.19. The van der Waals surface area contributed by atoms with Gasteiger partial charge in [0.25, 0.3) is 5.91 Å². The van der Waals surface area contributed by atoms with Gasteiger partial charge < -0.3 is 5.32 Å². The number of nitrogens with one attached hydrogen (secondary N) is 2. The minimum absolute atomic E-state index is 0.0928. The van der Waals surface area contributed by atoms with E-state index in [-0.39, 0.29) is 17.7 Å². The lowest BCUT2D eigenvalue weighted by molar-refractivity contribution is -0.118. The molecular formula is C21H22N4O2S. The summed E-state index contributed by atoms with van der Waals surface area (Å²) in [7, 11) is 0. The lowest BCUT2D eigenvalue weighted by Gasteiger charge is -2.09. The Labute approximate surface area is 168 Å². The molecule has 0 aliphatic heterocycles. The Kier molecular flexibility index (Phi) is 6.49. The van der Waals surface area contributed by atoms with Gasteiger partial charge in [-0.05, 0) is 30.2 Å². The van der Waals surface area contributed by atoms with Gasteiger partial charge in [0.15, 0.2) is 0 Å². The predicted molar refractivity (Wildman–Crippen MR) is 112 cm³/mol. The average molecular weight is 395 g/mol. The van der Waals surface area contributed by atoms with Crippen LogP contribution < -0.4 is 10.6 Å². The van der Waals surface area contributed by atoms with Crippen LogP contribution in [0.15, 0.2) is 54.6 Å². The Morgan fingerprint density at radius 3 is 2.50 bits per heavy atom. The first-order valence-electron chi connectivity index (χ1n) is 9.10. The first-order valence-corrected chi connectivity index (χ1v) is 9.91. The molecule has 1 heterocycles. The number of nitrogens with zero attached hydrogens (tertiary/aromatic N) is 2. The van der Waals surface area contributed by atoms with Crippen molar-refractivity contribution in [1.82, 2.24) is 10.2 Å². The van der Waals surface area contributed by atoms with Gasteiger partial charge >= 0.3 is 0 Å². The lowest BCUT2D eigenvalue weighted by Crippen LogP contribution is -2.18. The van der Waals surface area contributed by atoms with E-state index >= 15 is 0 Å². The molecule has 0 aliphatic carbocycles. The zero-order valence-electron chi connectivity index (χ0n) is 15.8. The Balaban J connectivity index is 1.59. The van der Waals surface area contributed by atoms with E-state index < -0.39 is 0 Å². The third-order valence-electron chi connectivity index (χ3n) is 4.07. The molecule has 0 atom stereocenters. The van der Waals surface area contributed by atoms with Crippen molar-refractivity contribution in [2.45, 2.75) is 26.7 Å². The molecule has 2 aromatic carbocycles. The molecule has 0 spiro atoms. The third kappa shape index (κ3) is 5.47. The summed E-state index contributed by atoms with van der Waals surface area (Å²) >= 11 is 1.37. The number of benzene rings is 2. The summed E-state index contributed by atoms with van der Waals surface area (Å²) < 4.78 is 0. The summed E-state index contributed by atoms with van der Waals surface area (Å²) in [5.41, 5.74) is 2.28. The number of rotatable bonds is 7. The van der Waals surface area contributed by atoms with Gasteiger partial charge in [-0.3, -0.25) is 14.9 Å². The molecule has 0 saturated heterocycles. The Morgan fingerprint density at radius 1 is 0.964 bits per heavy atom. The van der Waals surface area contributed by atoms with Gasteiger partial charge in [-0.1, -0.05) is 61.6 Å². The fraction of sp³-hybridized carbons (Fsp3) is 0.238. The molecule has 0 saturated carbocycles. The van der Waals surface area contributed by atoms with Gasteiger partial charge in [0.05, 0.1) is 0 Å². The van der Waals surface area contributed by atoms with Crippen LogP contribution in [0.1, 0.15) is 34.8 Å². The molecule has 0 fully saturated rings. The van der Waals surface area contributed by atoms with Crippen molar-refractivity contribution < 1.29 is 9.59 Å². The number of amides is 2. The Bertz CT molecular complexity index is 954. The zero-order chi connectivity index (χ0) is 19.9. The van der Waals surface area contributed by atoms with Crippen LogP contribution in [0.2, 0.25) is 0 Å². The molecule has 3 aromatic rings. The van der Waals surface area contributed by atoms with Gasteiger partial charge in [-0.25, -0.2) is 0 Å². The normalized spacial score (nSPS) is 10.7. The fourth-order valence-electron chi connectivity index (χ4n) is 2.50. The van der Waals surface area contributed by atoms with E-state index in [2.05, 4.69) is 33.0 Å². The topological polar surface area (TPSA) is 84.0 Å². The molecule has 1 aromatic heterocycles. The van der Waals surface area contributed by atoms with E-state index in [9.17, 15) is 9.59 Å². The van der Waals surface area contributed by atoms with E-state index in [1.54, 1.807) is 24.3 Å². The maximum Gasteiger partial charge on any atom is 0.257 e. The van der Waals surface area contributed by atoms with Crippen molar-refractivity contribution in [1.29, 1.82) is 0 Å². The molecule has 0 radical (unpaired) electrons. The smallest absolute Gasteiger partial charge is 0.257 e. The number of carbonyl (C=O) groups excluding carboxylic acids is 2. The van der Waals surface area contributed by atoms with Crippen molar-refractivity contribution in [2.75, 3.05) is 10.6 Å². The molecule has 144 valence electrons. The van der Waals surface area contributed by atoms with Gasteiger partial charge in [0.1, 0.15) is 5.01 Å². The van der Waals surface area contributed by atoms with Crippen LogP contribution >= 0.6 is 11.3 Å². The van der Waals surface area contributed by atoms with Crippen molar-refractivity contribution in [3.8, 4) is 0 Å². The molecule has 7 heteroatoms. The molecule has 0 unspecified atom stereocenters. The summed E-state index contributed by atoms with van der Waals surface area (Å²) in [5.74, 6) is -0.510. The number of carbonyl (C=O) groups is 2. The third-order valence-corrected chi connectivity index (χ3v) is 4.97. The largest absolute Gasteiger partial charge is 0.326 e. The standard InChI is InChI=1S/C21H22N4O2S/c1-14(2)19(26)22-17-10-6-9-16(13-17)20(27)23-21-25-24-18(28-21)12-11-15-7-4-3-5-8-15/h3-10,13-14H,11-12H2,1-2H3,(H,22,26)(H,23,25,27). The van der Waals surface area contributed by atoms with E-state index in [4.69, 9.17) is 0 Å². The summed E-state index contributed by atoms with van der Waals surface area (Å²) in [6.45, 7) is 3.63. The number of aryl methyl sites for hydroxylation is 2. The molecular weight excluding hydrogens is 372 g/mol. The second-order valence-electron chi connectivity index (χ2n) is 6.67. The highest BCUT2D eigenvalue weighted by atomic mass is 32.1. The van der Waals surface area contributed by atoms with Crippen molar-refractivity contribution >= 4 is 34.0 Å². The first-order chi connectivity index (χ1) is 13.5.